The van der Waals surface area contributed by atoms with Gasteiger partial charge in [-0.2, -0.15) is 0 Å². The maximum Gasteiger partial charge on any atom is 0.266 e. The fraction of sp³-hybridized carbons (Fsp3) is 0.217. The second kappa shape index (κ2) is 9.76. The van der Waals surface area contributed by atoms with Crippen LogP contribution in [0, 0.1) is 0 Å². The van der Waals surface area contributed by atoms with Crippen molar-refractivity contribution in [2.24, 2.45) is 0 Å². The SMILES string of the molecule is C=CCc1cc(/C=C2\SC(=S)N(Cc3ccccc3)C2=O)cc(OCC)c1OC. The van der Waals surface area contributed by atoms with Crippen LogP contribution in [0.1, 0.15) is 23.6 Å². The lowest BCUT2D eigenvalue weighted by Crippen LogP contribution is -2.27. The van der Waals surface area contributed by atoms with Crippen molar-refractivity contribution in [1.82, 2.24) is 4.90 Å². The number of hydrogen-bond donors (Lipinski definition) is 0. The minimum atomic E-state index is -0.0806. The third-order valence-corrected chi connectivity index (χ3v) is 5.75. The van der Waals surface area contributed by atoms with E-state index >= 15 is 0 Å². The van der Waals surface area contributed by atoms with Crippen molar-refractivity contribution in [3.63, 3.8) is 0 Å². The molecule has 1 aliphatic rings. The first-order valence-corrected chi connectivity index (χ1v) is 10.5. The average molecular weight is 426 g/mol. The van der Waals surface area contributed by atoms with E-state index in [9.17, 15) is 4.79 Å². The lowest BCUT2D eigenvalue weighted by Gasteiger charge is -2.15. The normalized spacial score (nSPS) is 15.1. The van der Waals surface area contributed by atoms with Crippen molar-refractivity contribution in [3.05, 3.63) is 76.7 Å². The Morgan fingerprint density at radius 1 is 1.24 bits per heavy atom. The Bertz CT molecular complexity index is 954. The summed E-state index contributed by atoms with van der Waals surface area (Å²) in [4.78, 5) is 15.2. The first kappa shape index (κ1) is 21.1. The Kier molecular flexibility index (Phi) is 7.12. The van der Waals surface area contributed by atoms with Gasteiger partial charge in [0.25, 0.3) is 5.91 Å². The van der Waals surface area contributed by atoms with Gasteiger partial charge in [-0.25, -0.2) is 0 Å². The molecule has 0 bridgehead atoms. The maximum absolute atomic E-state index is 12.9. The minimum absolute atomic E-state index is 0.0806. The second-order valence-electron chi connectivity index (χ2n) is 6.39. The van der Waals surface area contributed by atoms with Crippen LogP contribution >= 0.6 is 24.0 Å². The zero-order chi connectivity index (χ0) is 20.8. The van der Waals surface area contributed by atoms with Crippen LogP contribution in [-0.2, 0) is 17.8 Å². The number of methoxy groups -OCH3 is 1. The second-order valence-corrected chi connectivity index (χ2v) is 8.07. The molecule has 2 aromatic carbocycles. The van der Waals surface area contributed by atoms with Crippen LogP contribution in [0.4, 0.5) is 0 Å². The predicted octanol–water partition coefficient (Wildman–Crippen LogP) is 5.22. The molecule has 0 atom stereocenters. The summed E-state index contributed by atoms with van der Waals surface area (Å²) in [7, 11) is 1.62. The Morgan fingerprint density at radius 3 is 2.66 bits per heavy atom. The smallest absolute Gasteiger partial charge is 0.266 e. The lowest BCUT2D eigenvalue weighted by molar-refractivity contribution is -0.122. The summed E-state index contributed by atoms with van der Waals surface area (Å²) in [5, 5.41) is 0. The average Bonchev–Trinajstić information content (AvgIpc) is 2.97. The van der Waals surface area contributed by atoms with Crippen LogP contribution in [0.5, 0.6) is 11.5 Å². The molecule has 0 radical (unpaired) electrons. The fourth-order valence-corrected chi connectivity index (χ4v) is 4.38. The predicted molar refractivity (Wildman–Crippen MR) is 123 cm³/mol. The molecular weight excluding hydrogens is 402 g/mol. The molecule has 29 heavy (non-hydrogen) atoms. The van der Waals surface area contributed by atoms with E-state index in [1.54, 1.807) is 12.0 Å². The van der Waals surface area contributed by atoms with Crippen LogP contribution < -0.4 is 9.47 Å². The number of carbonyl (C=O) groups excluding carboxylic acids is 1. The number of ether oxygens (including phenoxy) is 2. The Balaban J connectivity index is 1.92. The van der Waals surface area contributed by atoms with Crippen LogP contribution in [0.25, 0.3) is 6.08 Å². The summed E-state index contributed by atoms with van der Waals surface area (Å²) >= 11 is 6.77. The number of hydrogen-bond acceptors (Lipinski definition) is 5. The van der Waals surface area contributed by atoms with E-state index in [1.807, 2.05) is 61.5 Å². The van der Waals surface area contributed by atoms with Crippen molar-refractivity contribution in [2.75, 3.05) is 13.7 Å². The first-order chi connectivity index (χ1) is 14.1. The summed E-state index contributed by atoms with van der Waals surface area (Å²) in [6.07, 6.45) is 4.31. The molecule has 0 unspecified atom stereocenters. The first-order valence-electron chi connectivity index (χ1n) is 9.31. The minimum Gasteiger partial charge on any atom is -0.493 e. The van der Waals surface area contributed by atoms with Gasteiger partial charge in [-0.3, -0.25) is 9.69 Å². The van der Waals surface area contributed by atoms with Gasteiger partial charge in [-0.05, 0) is 42.7 Å². The summed E-state index contributed by atoms with van der Waals surface area (Å²) < 4.78 is 11.8. The van der Waals surface area contributed by atoms with Gasteiger partial charge in [-0.15, -0.1) is 6.58 Å². The van der Waals surface area contributed by atoms with Gasteiger partial charge in [0.15, 0.2) is 11.5 Å². The lowest BCUT2D eigenvalue weighted by atomic mass is 10.0. The van der Waals surface area contributed by atoms with Gasteiger partial charge in [0, 0.05) is 5.56 Å². The van der Waals surface area contributed by atoms with Crippen LogP contribution in [0.15, 0.2) is 60.0 Å². The van der Waals surface area contributed by atoms with E-state index in [0.29, 0.717) is 40.3 Å². The highest BCUT2D eigenvalue weighted by Crippen LogP contribution is 2.37. The number of carbonyl (C=O) groups is 1. The van der Waals surface area contributed by atoms with Gasteiger partial charge in [0.05, 0.1) is 25.2 Å². The third-order valence-electron chi connectivity index (χ3n) is 4.38. The number of thioether (sulfide) groups is 1. The quantitative estimate of drug-likeness (QED) is 0.329. The van der Waals surface area contributed by atoms with E-state index in [-0.39, 0.29) is 5.91 Å². The number of nitrogens with zero attached hydrogens (tertiary/aromatic N) is 1. The van der Waals surface area contributed by atoms with Crippen molar-refractivity contribution in [2.45, 2.75) is 19.9 Å². The van der Waals surface area contributed by atoms with E-state index in [4.69, 9.17) is 21.7 Å². The fourth-order valence-electron chi connectivity index (χ4n) is 3.12. The van der Waals surface area contributed by atoms with Crippen molar-refractivity contribution < 1.29 is 14.3 Å². The molecule has 1 saturated heterocycles. The number of rotatable bonds is 8. The highest BCUT2D eigenvalue weighted by Gasteiger charge is 2.32. The molecule has 6 heteroatoms. The molecule has 0 aromatic heterocycles. The third kappa shape index (κ3) is 4.89. The largest absolute Gasteiger partial charge is 0.493 e. The van der Waals surface area contributed by atoms with E-state index < -0.39 is 0 Å². The molecule has 150 valence electrons. The molecule has 4 nitrogen and oxygen atoms in total. The van der Waals surface area contributed by atoms with E-state index in [1.165, 1.54) is 11.8 Å². The van der Waals surface area contributed by atoms with Gasteiger partial charge < -0.3 is 9.47 Å². The number of thiocarbonyl (C=S) groups is 1. The van der Waals surface area contributed by atoms with Crippen LogP contribution in [-0.4, -0.2) is 28.8 Å². The van der Waals surface area contributed by atoms with Crippen molar-refractivity contribution in [3.8, 4) is 11.5 Å². The summed E-state index contributed by atoms with van der Waals surface area (Å²) in [6.45, 7) is 6.73. The standard InChI is InChI=1S/C23H23NO3S2/c1-4-9-18-12-17(13-19(27-5-2)21(18)26-3)14-20-22(25)24(23(28)29-20)15-16-10-7-6-8-11-16/h4,6-8,10-14H,1,5,9,15H2,2-3H3/b20-14-. The molecule has 1 fully saturated rings. The van der Waals surface area contributed by atoms with Crippen LogP contribution in [0.3, 0.4) is 0 Å². The van der Waals surface area contributed by atoms with Crippen molar-refractivity contribution >= 4 is 40.3 Å². The summed E-state index contributed by atoms with van der Waals surface area (Å²) in [5.41, 5.74) is 2.87. The van der Waals surface area contributed by atoms with Gasteiger partial charge in [-0.1, -0.05) is 60.4 Å². The van der Waals surface area contributed by atoms with Gasteiger partial charge in [0.1, 0.15) is 4.32 Å². The molecule has 0 spiro atoms. The topological polar surface area (TPSA) is 38.8 Å². The van der Waals surface area contributed by atoms with Gasteiger partial charge in [0.2, 0.25) is 0 Å². The molecule has 1 amide bonds. The molecule has 1 aliphatic heterocycles. The molecule has 0 saturated carbocycles. The number of allylic oxidation sites excluding steroid dienone is 1. The zero-order valence-corrected chi connectivity index (χ0v) is 18.1. The highest BCUT2D eigenvalue weighted by atomic mass is 32.2. The molecular formula is C23H23NO3S2. The van der Waals surface area contributed by atoms with Gasteiger partial charge >= 0.3 is 0 Å². The monoisotopic (exact) mass is 425 g/mol. The molecule has 0 N–H and O–H groups in total. The molecule has 2 aromatic rings. The highest BCUT2D eigenvalue weighted by molar-refractivity contribution is 8.26. The van der Waals surface area contributed by atoms with Crippen LogP contribution in [0.2, 0.25) is 0 Å². The Morgan fingerprint density at radius 2 is 2.00 bits per heavy atom. The molecule has 3 rings (SSSR count). The Labute approximate surface area is 181 Å². The molecule has 0 aliphatic carbocycles. The van der Waals surface area contributed by atoms with E-state index in [2.05, 4.69) is 6.58 Å². The Hall–Kier alpha value is -2.57. The number of amides is 1. The summed E-state index contributed by atoms with van der Waals surface area (Å²) in [5.74, 6) is 1.27. The zero-order valence-electron chi connectivity index (χ0n) is 16.5. The number of benzene rings is 2. The van der Waals surface area contributed by atoms with Crippen molar-refractivity contribution in [1.29, 1.82) is 0 Å². The maximum atomic E-state index is 12.9. The summed E-state index contributed by atoms with van der Waals surface area (Å²) in [6, 6.07) is 13.7. The molecule has 1 heterocycles. The van der Waals surface area contributed by atoms with E-state index in [0.717, 1.165) is 16.7 Å².